The predicted molar refractivity (Wildman–Crippen MR) is 256 cm³/mol. The maximum absolute atomic E-state index is 13.0. The zero-order chi connectivity index (χ0) is 51.4. The summed E-state index contributed by atoms with van der Waals surface area (Å²) in [5, 5.41) is 81.5. The van der Waals surface area contributed by atoms with Crippen molar-refractivity contribution in [1.29, 1.82) is 0 Å². The van der Waals surface area contributed by atoms with Crippen molar-refractivity contribution in [2.24, 2.45) is 0 Å². The minimum Gasteiger partial charge on any atom is -0.478 e. The molecule has 0 aliphatic carbocycles. The summed E-state index contributed by atoms with van der Waals surface area (Å²) in [5.74, 6) is -11.9. The molecule has 10 N–H and O–H groups in total. The topological polar surface area (TPSA) is 356 Å². The molecule has 21 heteroatoms. The van der Waals surface area contributed by atoms with Gasteiger partial charge in [-0.25, -0.2) is 48.3 Å². The fourth-order valence-electron chi connectivity index (χ4n) is 8.63. The molecule has 8 bridgehead atoms. The van der Waals surface area contributed by atoms with E-state index in [9.17, 15) is 79.2 Å². The number of fused-ring (bicyclic) bond motifs is 8. The number of carboxylic acids is 8. The van der Waals surface area contributed by atoms with E-state index in [4.69, 9.17) is 9.97 Å². The second-order valence-electron chi connectivity index (χ2n) is 16.0. The number of benzene rings is 4. The number of hydrogen-bond acceptors (Lipinski definition) is 10. The van der Waals surface area contributed by atoms with Crippen molar-refractivity contribution in [3.63, 3.8) is 0 Å². The molecule has 0 atom stereocenters. The Labute approximate surface area is 417 Å². The molecule has 73 heavy (non-hydrogen) atoms. The number of H-pyrrole nitrogens is 2. The van der Waals surface area contributed by atoms with Crippen LogP contribution in [-0.4, -0.2) is 109 Å². The maximum atomic E-state index is 13.0. The summed E-state index contributed by atoms with van der Waals surface area (Å²) in [6.45, 7) is 0. The average molecular weight is 1030 g/mol. The largest absolute Gasteiger partial charge is 0.478 e. The van der Waals surface area contributed by atoms with Crippen molar-refractivity contribution in [2.75, 3.05) is 0 Å². The fraction of sp³-hybridized carbons (Fsp3) is 0. The van der Waals surface area contributed by atoms with Gasteiger partial charge in [-0.05, 0) is 97.1 Å². The average Bonchev–Trinajstić information content (AvgIpc) is 4.20. The molecule has 0 fully saturated rings. The number of nitrogens with zero attached hydrogens (tertiary/aromatic N) is 2. The van der Waals surface area contributed by atoms with E-state index in [0.717, 1.165) is 24.3 Å². The van der Waals surface area contributed by atoms with E-state index in [1.165, 1.54) is 97.1 Å². The van der Waals surface area contributed by atoms with Gasteiger partial charge in [0.2, 0.25) is 0 Å². The molecular weight excluding hydrogens is 995 g/mol. The quantitative estimate of drug-likeness (QED) is 0.0510. The van der Waals surface area contributed by atoms with Crippen molar-refractivity contribution in [3.8, 4) is 44.5 Å². The molecule has 364 valence electrons. The third kappa shape index (κ3) is 8.85. The standard InChI is InChI=1S/C52H30N4O16.Ni/c57-45(58)21-1-5-25(29(17-21)49(65)66)41-33-9-11-35(53-33)42(26-6-2-22(46(59)60)18-30(26)50(67)68)37-13-15-39(55-37)44(28-8-4-24(48(63)64)20-32(28)52(71)72)40-16-14-38(56-40)43(36-12-10-34(41)54-36)27-7-3-23(47(61)62)19-31(27)51(69)70;/h1-20,53,56H,(H,57,58)(H,59,60)(H,61,62)(H,63,64)(H,65,66)(H,67,68)(H,69,70)(H,71,72);. The van der Waals surface area contributed by atoms with Crippen LogP contribution in [0.4, 0.5) is 0 Å². The van der Waals surface area contributed by atoms with Gasteiger partial charge in [-0.15, -0.1) is 0 Å². The van der Waals surface area contributed by atoms with Gasteiger partial charge < -0.3 is 50.8 Å². The van der Waals surface area contributed by atoms with Crippen LogP contribution in [0.2, 0.25) is 0 Å². The van der Waals surface area contributed by atoms with Crippen molar-refractivity contribution < 1.29 is 95.7 Å². The number of nitrogens with one attached hydrogen (secondary N) is 2. The zero-order valence-corrected chi connectivity index (χ0v) is 37.6. The molecule has 5 heterocycles. The van der Waals surface area contributed by atoms with Crippen LogP contribution in [0, 0.1) is 0 Å². The number of aromatic carboxylic acids is 8. The van der Waals surface area contributed by atoms with Gasteiger partial charge in [0.1, 0.15) is 0 Å². The van der Waals surface area contributed by atoms with Gasteiger partial charge in [0, 0.05) is 83.1 Å². The van der Waals surface area contributed by atoms with Gasteiger partial charge in [0.15, 0.2) is 0 Å². The summed E-state index contributed by atoms with van der Waals surface area (Å²) < 4.78 is 0. The van der Waals surface area contributed by atoms with Gasteiger partial charge in [0.05, 0.1) is 67.3 Å². The van der Waals surface area contributed by atoms with Crippen LogP contribution in [0.1, 0.15) is 106 Å². The fourth-order valence-corrected chi connectivity index (χ4v) is 8.63. The van der Waals surface area contributed by atoms with Crippen LogP contribution in [0.3, 0.4) is 0 Å². The van der Waals surface area contributed by atoms with E-state index in [-0.39, 0.29) is 128 Å². The summed E-state index contributed by atoms with van der Waals surface area (Å²) in [7, 11) is 0. The second-order valence-corrected chi connectivity index (χ2v) is 16.0. The van der Waals surface area contributed by atoms with E-state index < -0.39 is 70.0 Å². The van der Waals surface area contributed by atoms with Crippen molar-refractivity contribution in [3.05, 3.63) is 164 Å². The van der Waals surface area contributed by atoms with E-state index in [2.05, 4.69) is 9.97 Å². The Kier molecular flexibility index (Phi) is 12.7. The molecule has 2 aliphatic heterocycles. The predicted octanol–water partition coefficient (Wildman–Crippen LogP) is 8.91. The monoisotopic (exact) mass is 1020 g/mol. The van der Waals surface area contributed by atoms with Crippen LogP contribution in [-0.2, 0) is 16.5 Å². The number of carboxylic acid groups (broad SMARTS) is 8. The molecule has 9 rings (SSSR count). The zero-order valence-electron chi connectivity index (χ0n) is 36.6. The molecule has 4 aromatic carbocycles. The molecule has 0 radical (unpaired) electrons. The Morgan fingerprint density at radius 1 is 0.301 bits per heavy atom. The number of carbonyl (C=O) groups is 8. The van der Waals surface area contributed by atoms with E-state index in [1.54, 1.807) is 0 Å². The molecule has 0 unspecified atom stereocenters. The van der Waals surface area contributed by atoms with Gasteiger partial charge in [0.25, 0.3) is 0 Å². The van der Waals surface area contributed by atoms with E-state index in [0.29, 0.717) is 0 Å². The van der Waals surface area contributed by atoms with E-state index >= 15 is 0 Å². The third-order valence-electron chi connectivity index (χ3n) is 11.8. The van der Waals surface area contributed by atoms with Crippen molar-refractivity contribution in [2.45, 2.75) is 0 Å². The molecule has 0 amide bonds. The Morgan fingerprint density at radius 2 is 0.507 bits per heavy atom. The Morgan fingerprint density at radius 3 is 0.685 bits per heavy atom. The minimum atomic E-state index is -1.54. The van der Waals surface area contributed by atoms with Crippen LogP contribution in [0.25, 0.3) is 90.9 Å². The normalized spacial score (nSPS) is 11.4. The second kappa shape index (κ2) is 18.9. The van der Waals surface area contributed by atoms with Crippen LogP contribution in [0.5, 0.6) is 0 Å². The molecule has 0 saturated carbocycles. The Hall–Kier alpha value is -10.3. The first-order valence-electron chi connectivity index (χ1n) is 20.9. The number of rotatable bonds is 12. The van der Waals surface area contributed by atoms with Gasteiger partial charge in [-0.1, -0.05) is 24.3 Å². The smallest absolute Gasteiger partial charge is 0.336 e. The first kappa shape index (κ1) is 49.2. The van der Waals surface area contributed by atoms with Crippen molar-refractivity contribution in [1.82, 2.24) is 19.9 Å². The van der Waals surface area contributed by atoms with Gasteiger partial charge in [-0.2, -0.15) is 0 Å². The molecule has 2 aliphatic rings. The van der Waals surface area contributed by atoms with Crippen LogP contribution in [0.15, 0.2) is 97.1 Å². The molecular formula is C52H30N4NiO16. The first-order chi connectivity index (χ1) is 34.3. The summed E-state index contributed by atoms with van der Waals surface area (Å²) in [4.78, 5) is 117. The Bertz CT molecular complexity index is 3430. The molecule has 0 saturated heterocycles. The molecule has 0 spiro atoms. The first-order valence-corrected chi connectivity index (χ1v) is 20.9. The summed E-state index contributed by atoms with van der Waals surface area (Å²) in [6.07, 6.45) is 5.83. The number of aromatic amines is 2. The van der Waals surface area contributed by atoms with Gasteiger partial charge in [-0.3, -0.25) is 0 Å². The maximum Gasteiger partial charge on any atom is 0.336 e. The van der Waals surface area contributed by atoms with E-state index in [1.807, 2.05) is 0 Å². The summed E-state index contributed by atoms with van der Waals surface area (Å²) >= 11 is 0. The minimum absolute atomic E-state index is 0. The van der Waals surface area contributed by atoms with Gasteiger partial charge >= 0.3 is 47.8 Å². The third-order valence-corrected chi connectivity index (χ3v) is 11.8. The van der Waals surface area contributed by atoms with Crippen molar-refractivity contribution >= 4 is 94.1 Å². The van der Waals surface area contributed by atoms with Crippen LogP contribution >= 0.6 is 0 Å². The summed E-state index contributed by atoms with van der Waals surface area (Å²) in [5.41, 5.74) is -3.07. The van der Waals surface area contributed by atoms with Crippen LogP contribution < -0.4 is 0 Å². The number of hydrogen-bond donors (Lipinski definition) is 10. The number of aromatic nitrogens is 4. The SMILES string of the molecule is O=C(O)c1ccc(-c2c3nc(c(-c4ccc(C(=O)O)cc4C(=O)O)c4ccc([nH]4)c(-c4ccc(C(=O)O)cc4C(=O)O)c4nc(c(-c5ccc(C(=O)O)cc5C(=O)O)c5ccc2[nH]5)C=C4)C=C3)c(C(=O)O)c1.[Ni]. The molecule has 3 aromatic heterocycles. The Balaban J connectivity index is 0.00000711. The summed E-state index contributed by atoms with van der Waals surface area (Å²) in [6, 6.07) is 19.4. The molecule has 7 aromatic rings. The molecule has 20 nitrogen and oxygen atoms in total.